The normalized spacial score (nSPS) is 15.4. The third kappa shape index (κ3) is 6.39. The number of benzene rings is 2. The second kappa shape index (κ2) is 11.8. The number of hydrogen-bond donors (Lipinski definition) is 3. The molecular formula is C27H32N2O6. The van der Waals surface area contributed by atoms with Crippen LogP contribution in [0, 0.1) is 0 Å². The fraction of sp³-hybridized carbons (Fsp3) is 0.444. The molecule has 0 saturated heterocycles. The van der Waals surface area contributed by atoms with E-state index in [0.717, 1.165) is 35.1 Å². The molecule has 1 saturated carbocycles. The van der Waals surface area contributed by atoms with Crippen molar-refractivity contribution in [2.45, 2.75) is 56.6 Å². The van der Waals surface area contributed by atoms with Crippen LogP contribution >= 0.6 is 0 Å². The molecule has 0 radical (unpaired) electrons. The van der Waals surface area contributed by atoms with E-state index in [4.69, 9.17) is 14.6 Å². The Morgan fingerprint density at radius 1 is 1.00 bits per heavy atom. The van der Waals surface area contributed by atoms with Gasteiger partial charge in [0.15, 0.2) is 0 Å². The molecule has 35 heavy (non-hydrogen) atoms. The molecule has 0 spiro atoms. The summed E-state index contributed by atoms with van der Waals surface area (Å²) in [7, 11) is 0. The number of carboxylic acid groups (broad SMARTS) is 1. The van der Waals surface area contributed by atoms with Crippen LogP contribution in [0.5, 0.6) is 0 Å². The number of carboxylic acids is 1. The van der Waals surface area contributed by atoms with Crippen LogP contribution in [0.4, 0.5) is 4.79 Å². The van der Waals surface area contributed by atoms with Crippen LogP contribution < -0.4 is 10.6 Å². The monoisotopic (exact) mass is 480 g/mol. The van der Waals surface area contributed by atoms with E-state index >= 15 is 0 Å². The molecule has 1 fully saturated rings. The maximum Gasteiger partial charge on any atom is 0.407 e. The second-order valence-electron chi connectivity index (χ2n) is 9.02. The highest BCUT2D eigenvalue weighted by Gasteiger charge is 2.30. The molecular weight excluding hydrogens is 448 g/mol. The molecule has 0 bridgehead atoms. The second-order valence-corrected chi connectivity index (χ2v) is 9.02. The summed E-state index contributed by atoms with van der Waals surface area (Å²) in [4.78, 5) is 36.3. The lowest BCUT2D eigenvalue weighted by Crippen LogP contribution is -2.47. The molecule has 0 aromatic heterocycles. The van der Waals surface area contributed by atoms with Crippen molar-refractivity contribution >= 4 is 18.0 Å². The Kier molecular flexibility index (Phi) is 8.36. The van der Waals surface area contributed by atoms with Crippen molar-refractivity contribution < 1.29 is 29.0 Å². The summed E-state index contributed by atoms with van der Waals surface area (Å²) in [5, 5.41) is 14.4. The predicted molar refractivity (Wildman–Crippen MR) is 130 cm³/mol. The highest BCUT2D eigenvalue weighted by molar-refractivity contribution is 5.86. The fourth-order valence-corrected chi connectivity index (χ4v) is 4.51. The minimum atomic E-state index is -1.04. The molecule has 2 amide bonds. The van der Waals surface area contributed by atoms with E-state index in [9.17, 15) is 14.4 Å². The third-order valence-corrected chi connectivity index (χ3v) is 6.63. The number of nitrogens with one attached hydrogen (secondary N) is 2. The Labute approximate surface area is 205 Å². The van der Waals surface area contributed by atoms with E-state index in [1.807, 2.05) is 36.4 Å². The number of hydrogen-bond acceptors (Lipinski definition) is 5. The van der Waals surface area contributed by atoms with Crippen molar-refractivity contribution in [1.29, 1.82) is 0 Å². The smallest absolute Gasteiger partial charge is 0.407 e. The molecule has 2 aromatic carbocycles. The van der Waals surface area contributed by atoms with Crippen LogP contribution in [0.15, 0.2) is 48.5 Å². The third-order valence-electron chi connectivity index (χ3n) is 6.63. The van der Waals surface area contributed by atoms with Gasteiger partial charge >= 0.3 is 12.1 Å². The number of ether oxygens (including phenoxy) is 2. The summed E-state index contributed by atoms with van der Waals surface area (Å²) in [5.41, 5.74) is 4.42. The number of alkyl carbamates (subject to hydrolysis) is 1. The Morgan fingerprint density at radius 3 is 2.26 bits per heavy atom. The topological polar surface area (TPSA) is 114 Å². The van der Waals surface area contributed by atoms with Crippen LogP contribution in [0.1, 0.15) is 55.6 Å². The molecule has 1 atom stereocenters. The quantitative estimate of drug-likeness (QED) is 0.398. The number of aliphatic carboxylic acids is 1. The Balaban J connectivity index is 1.29. The van der Waals surface area contributed by atoms with Gasteiger partial charge in [0.05, 0.1) is 6.10 Å². The molecule has 0 heterocycles. The maximum absolute atomic E-state index is 12.6. The van der Waals surface area contributed by atoms with Crippen molar-refractivity contribution in [2.24, 2.45) is 0 Å². The Bertz CT molecular complexity index is 1010. The molecule has 186 valence electrons. The standard InChI is InChI=1S/C27H32N2O6/c30-25(31)14-13-24(26(32)28-15-6-16-34-18-7-5-8-18)29-27(33)35-17-23-21-11-3-1-9-19(21)20-10-2-4-12-22(20)23/h1-4,9-12,18,23-24H,5-8,13-17H2,(H,28,32)(H,29,33)(H,30,31). The Morgan fingerprint density at radius 2 is 1.66 bits per heavy atom. The van der Waals surface area contributed by atoms with E-state index in [-0.39, 0.29) is 25.4 Å². The van der Waals surface area contributed by atoms with Gasteiger partial charge in [-0.25, -0.2) is 4.79 Å². The number of carbonyl (C=O) groups excluding carboxylic acids is 2. The summed E-state index contributed by atoms with van der Waals surface area (Å²) >= 11 is 0. The van der Waals surface area contributed by atoms with E-state index in [1.54, 1.807) is 0 Å². The largest absolute Gasteiger partial charge is 0.481 e. The molecule has 3 N–H and O–H groups in total. The zero-order valence-corrected chi connectivity index (χ0v) is 19.7. The average Bonchev–Trinajstić information content (AvgIpc) is 3.15. The van der Waals surface area contributed by atoms with Gasteiger partial charge in [-0.15, -0.1) is 0 Å². The number of amides is 2. The van der Waals surface area contributed by atoms with E-state index in [2.05, 4.69) is 22.8 Å². The summed E-state index contributed by atoms with van der Waals surface area (Å²) in [6, 6.07) is 15.1. The van der Waals surface area contributed by atoms with E-state index in [0.29, 0.717) is 25.7 Å². The number of rotatable bonds is 12. The van der Waals surface area contributed by atoms with Crippen molar-refractivity contribution in [2.75, 3.05) is 19.8 Å². The van der Waals surface area contributed by atoms with Gasteiger partial charge in [0.25, 0.3) is 0 Å². The predicted octanol–water partition coefficient (Wildman–Crippen LogP) is 3.83. The zero-order valence-electron chi connectivity index (χ0n) is 19.7. The highest BCUT2D eigenvalue weighted by Crippen LogP contribution is 2.44. The van der Waals surface area contributed by atoms with Crippen LogP contribution in [0.2, 0.25) is 0 Å². The number of carbonyl (C=O) groups is 3. The van der Waals surface area contributed by atoms with Gasteiger partial charge in [0.2, 0.25) is 5.91 Å². The molecule has 1 unspecified atom stereocenters. The lowest BCUT2D eigenvalue weighted by molar-refractivity contribution is -0.137. The van der Waals surface area contributed by atoms with Gasteiger partial charge in [-0.05, 0) is 54.4 Å². The molecule has 0 aliphatic heterocycles. The summed E-state index contributed by atoms with van der Waals surface area (Å²) in [6.07, 6.45) is 3.36. The molecule has 8 nitrogen and oxygen atoms in total. The van der Waals surface area contributed by atoms with Crippen LogP contribution in [-0.2, 0) is 19.1 Å². The van der Waals surface area contributed by atoms with Crippen molar-refractivity contribution in [3.8, 4) is 11.1 Å². The highest BCUT2D eigenvalue weighted by atomic mass is 16.5. The van der Waals surface area contributed by atoms with Gasteiger partial charge in [0.1, 0.15) is 12.6 Å². The summed E-state index contributed by atoms with van der Waals surface area (Å²) in [6.45, 7) is 1.07. The molecule has 4 rings (SSSR count). The molecule has 8 heteroatoms. The van der Waals surface area contributed by atoms with Crippen molar-refractivity contribution in [3.63, 3.8) is 0 Å². The first-order valence-corrected chi connectivity index (χ1v) is 12.3. The van der Waals surface area contributed by atoms with Gasteiger partial charge in [-0.1, -0.05) is 48.5 Å². The molecule has 2 aromatic rings. The van der Waals surface area contributed by atoms with Gasteiger partial charge in [-0.3, -0.25) is 9.59 Å². The van der Waals surface area contributed by atoms with Crippen LogP contribution in [0.25, 0.3) is 11.1 Å². The number of fused-ring (bicyclic) bond motifs is 3. The van der Waals surface area contributed by atoms with Gasteiger partial charge in [0, 0.05) is 25.5 Å². The molecule has 2 aliphatic carbocycles. The van der Waals surface area contributed by atoms with Crippen LogP contribution in [-0.4, -0.2) is 55.0 Å². The fourth-order valence-electron chi connectivity index (χ4n) is 4.51. The average molecular weight is 481 g/mol. The SMILES string of the molecule is O=C(O)CCC(NC(=O)OCC1c2ccccc2-c2ccccc21)C(=O)NCCCOC1CCC1. The minimum absolute atomic E-state index is 0.0239. The van der Waals surface area contributed by atoms with E-state index in [1.165, 1.54) is 6.42 Å². The first kappa shape index (κ1) is 24.7. The lowest BCUT2D eigenvalue weighted by Gasteiger charge is -2.25. The van der Waals surface area contributed by atoms with Gasteiger partial charge in [-0.2, -0.15) is 0 Å². The minimum Gasteiger partial charge on any atom is -0.481 e. The Hall–Kier alpha value is -3.39. The van der Waals surface area contributed by atoms with Crippen molar-refractivity contribution in [3.05, 3.63) is 59.7 Å². The summed E-state index contributed by atoms with van der Waals surface area (Å²) < 4.78 is 11.2. The van der Waals surface area contributed by atoms with Crippen molar-refractivity contribution in [1.82, 2.24) is 10.6 Å². The zero-order chi connectivity index (χ0) is 24.6. The maximum atomic E-state index is 12.6. The lowest BCUT2D eigenvalue weighted by atomic mass is 9.96. The summed E-state index contributed by atoms with van der Waals surface area (Å²) in [5.74, 6) is -1.57. The molecule has 2 aliphatic rings. The first-order chi connectivity index (χ1) is 17.0. The van der Waals surface area contributed by atoms with Crippen LogP contribution in [0.3, 0.4) is 0 Å². The first-order valence-electron chi connectivity index (χ1n) is 12.3. The van der Waals surface area contributed by atoms with Gasteiger partial charge < -0.3 is 25.2 Å². The van der Waals surface area contributed by atoms with E-state index < -0.39 is 24.0 Å².